The molecule has 2 aliphatic rings. The van der Waals surface area contributed by atoms with Gasteiger partial charge >= 0.3 is 0 Å². The van der Waals surface area contributed by atoms with Crippen molar-refractivity contribution in [3.8, 4) is 6.07 Å². The van der Waals surface area contributed by atoms with Gasteiger partial charge < -0.3 is 16.1 Å². The lowest BCUT2D eigenvalue weighted by Crippen LogP contribution is -2.45. The van der Waals surface area contributed by atoms with Gasteiger partial charge in [0.1, 0.15) is 13.9 Å². The molecule has 198 valence electrons. The summed E-state index contributed by atoms with van der Waals surface area (Å²) < 4.78 is 0. The highest BCUT2D eigenvalue weighted by atomic mass is 35.5. The molecule has 4 N–H and O–H groups in total. The molecule has 1 unspecified atom stereocenters. The van der Waals surface area contributed by atoms with Crippen molar-refractivity contribution in [2.75, 3.05) is 17.2 Å². The molecule has 1 atom stereocenters. The summed E-state index contributed by atoms with van der Waals surface area (Å²) >= 11 is 6.67. The van der Waals surface area contributed by atoms with E-state index in [4.69, 9.17) is 19.4 Å². The second kappa shape index (κ2) is 10.1. The Morgan fingerprint density at radius 1 is 1.28 bits per heavy atom. The van der Waals surface area contributed by atoms with Gasteiger partial charge in [-0.1, -0.05) is 50.6 Å². The van der Waals surface area contributed by atoms with Gasteiger partial charge in [0.25, 0.3) is 0 Å². The first-order chi connectivity index (χ1) is 18.5. The maximum atomic E-state index is 12.8. The normalized spacial score (nSPS) is 16.7. The quantitative estimate of drug-likeness (QED) is 0.229. The number of hydrazine groups is 2. The smallest absolute Gasteiger partial charge is 0.162 e. The highest BCUT2D eigenvalue weighted by Gasteiger charge is 2.38. The Kier molecular flexibility index (Phi) is 6.96. The number of aromatic nitrogens is 1. The van der Waals surface area contributed by atoms with Crippen LogP contribution < -0.4 is 21.6 Å². The summed E-state index contributed by atoms with van der Waals surface area (Å²) in [5.74, 6) is -0.150. The lowest BCUT2D eigenvalue weighted by molar-refractivity contribution is 0.101. The monoisotopic (exact) mass is 539 g/mol. The van der Waals surface area contributed by atoms with Crippen LogP contribution in [0.1, 0.15) is 62.0 Å². The number of carbonyl (C=O) groups is 1. The predicted molar refractivity (Wildman–Crippen MR) is 156 cm³/mol. The maximum Gasteiger partial charge on any atom is 0.162 e. The van der Waals surface area contributed by atoms with Crippen LogP contribution in [0.4, 0.5) is 11.4 Å². The molecule has 2 aromatic carbocycles. The molecule has 2 radical (unpaired) electrons. The van der Waals surface area contributed by atoms with Crippen molar-refractivity contribution >= 4 is 47.5 Å². The molecule has 0 bridgehead atoms. The standard InChI is InChI=1S/C29H31BClN7O/c1-17(39)21-11-19(12-22-26(34-16-28(2,3)4)18(13-32)14-33-27(21)22)35-29(30,23-7-5-6-8-24(23)31)25-15-38(37-36-25)20-9-10-20/h5-8,11-12,14-15,20,35-37H,9-10,16H2,1-4H3,(H,33,34). The summed E-state index contributed by atoms with van der Waals surface area (Å²) in [6, 6.07) is 13.7. The van der Waals surface area contributed by atoms with Crippen molar-refractivity contribution < 1.29 is 4.79 Å². The number of benzene rings is 2. The number of anilines is 2. The number of nitriles is 1. The molecule has 8 nitrogen and oxygen atoms in total. The highest BCUT2D eigenvalue weighted by molar-refractivity contribution is 6.33. The van der Waals surface area contributed by atoms with Gasteiger partial charge in [-0.2, -0.15) is 5.26 Å². The fourth-order valence-electron chi connectivity index (χ4n) is 4.64. The van der Waals surface area contributed by atoms with Crippen molar-refractivity contribution in [3.63, 3.8) is 0 Å². The van der Waals surface area contributed by atoms with Crippen molar-refractivity contribution in [3.05, 3.63) is 76.2 Å². The summed E-state index contributed by atoms with van der Waals surface area (Å²) in [5, 5.41) is 19.9. The van der Waals surface area contributed by atoms with Gasteiger partial charge in [0.05, 0.1) is 27.9 Å². The third-order valence-electron chi connectivity index (χ3n) is 6.86. The Hall–Kier alpha value is -3.74. The van der Waals surface area contributed by atoms with Gasteiger partial charge in [-0.3, -0.25) is 14.8 Å². The number of fused-ring (bicyclic) bond motifs is 1. The minimum Gasteiger partial charge on any atom is -0.383 e. The largest absolute Gasteiger partial charge is 0.383 e. The molecule has 3 aromatic rings. The molecule has 0 saturated heterocycles. The van der Waals surface area contributed by atoms with Crippen molar-refractivity contribution in [1.82, 2.24) is 21.0 Å². The summed E-state index contributed by atoms with van der Waals surface area (Å²) in [7, 11) is 7.16. The first kappa shape index (κ1) is 26.9. The van der Waals surface area contributed by atoms with E-state index in [0.29, 0.717) is 62.3 Å². The van der Waals surface area contributed by atoms with Crippen molar-refractivity contribution in [2.24, 2.45) is 5.41 Å². The number of nitrogens with one attached hydrogen (secondary N) is 4. The van der Waals surface area contributed by atoms with Crippen LogP contribution in [0.25, 0.3) is 10.9 Å². The third kappa shape index (κ3) is 5.40. The van der Waals surface area contributed by atoms with Crippen LogP contribution in [0, 0.1) is 16.7 Å². The van der Waals surface area contributed by atoms with Crippen LogP contribution in [-0.2, 0) is 5.44 Å². The van der Waals surface area contributed by atoms with E-state index in [0.717, 1.165) is 12.8 Å². The number of hydrogen-bond acceptors (Lipinski definition) is 8. The van der Waals surface area contributed by atoms with Gasteiger partial charge in [-0.05, 0) is 48.9 Å². The number of hydrogen-bond donors (Lipinski definition) is 4. The van der Waals surface area contributed by atoms with E-state index in [1.165, 1.54) is 13.1 Å². The zero-order chi connectivity index (χ0) is 27.9. The van der Waals surface area contributed by atoms with E-state index in [9.17, 15) is 10.1 Å². The zero-order valence-electron chi connectivity index (χ0n) is 22.5. The highest BCUT2D eigenvalue weighted by Crippen LogP contribution is 2.39. The summed E-state index contributed by atoms with van der Waals surface area (Å²) in [4.78, 5) is 17.3. The molecule has 10 heteroatoms. The number of Topliss-reactive ketones (excluding diaryl/α,β-unsaturated/α-hetero) is 1. The molecule has 1 aromatic heterocycles. The van der Waals surface area contributed by atoms with Crippen LogP contribution >= 0.6 is 11.6 Å². The Balaban J connectivity index is 1.67. The lowest BCUT2D eigenvalue weighted by Gasteiger charge is -2.35. The summed E-state index contributed by atoms with van der Waals surface area (Å²) in [5.41, 5.74) is 8.94. The molecule has 0 amide bonds. The molecular formula is C29H31BClN7O. The number of ketones is 1. The van der Waals surface area contributed by atoms with E-state index in [2.05, 4.69) is 53.4 Å². The van der Waals surface area contributed by atoms with Crippen LogP contribution in [0.15, 0.2) is 54.5 Å². The first-order valence-electron chi connectivity index (χ1n) is 13.0. The fourth-order valence-corrected chi connectivity index (χ4v) is 4.92. The second-order valence-electron chi connectivity index (χ2n) is 11.4. The first-order valence-corrected chi connectivity index (χ1v) is 13.3. The molecule has 1 fully saturated rings. The van der Waals surface area contributed by atoms with Gasteiger partial charge in [-0.25, -0.2) is 0 Å². The molecule has 0 spiro atoms. The predicted octanol–water partition coefficient (Wildman–Crippen LogP) is 5.18. The van der Waals surface area contributed by atoms with Crippen molar-refractivity contribution in [1.29, 1.82) is 5.26 Å². The summed E-state index contributed by atoms with van der Waals surface area (Å²) in [6.07, 6.45) is 5.66. The van der Waals surface area contributed by atoms with Crippen LogP contribution in [0.3, 0.4) is 0 Å². The second-order valence-corrected chi connectivity index (χ2v) is 11.8. The number of carbonyl (C=O) groups excluding carboxylic acids is 1. The molecule has 5 rings (SSSR count). The Bertz CT molecular complexity index is 1520. The van der Waals surface area contributed by atoms with Gasteiger partial charge in [0.15, 0.2) is 5.78 Å². The third-order valence-corrected chi connectivity index (χ3v) is 7.19. The van der Waals surface area contributed by atoms with Crippen LogP contribution in [-0.4, -0.2) is 36.2 Å². The number of pyridine rings is 1. The maximum absolute atomic E-state index is 12.8. The molecular weight excluding hydrogens is 509 g/mol. The molecule has 1 aliphatic heterocycles. The van der Waals surface area contributed by atoms with E-state index >= 15 is 0 Å². The molecule has 1 saturated carbocycles. The number of nitrogens with zero attached hydrogens (tertiary/aromatic N) is 3. The fraction of sp³-hybridized carbons (Fsp3) is 0.345. The SMILES string of the molecule is [B]C(Nc1cc(C(C)=O)c2ncc(C#N)c(NCC(C)(C)C)c2c1)(C1=CN(C2CC2)NN1)c1ccccc1Cl. The van der Waals surface area contributed by atoms with Crippen molar-refractivity contribution in [2.45, 2.75) is 52.0 Å². The van der Waals surface area contributed by atoms with Gasteiger partial charge in [0.2, 0.25) is 0 Å². The topological polar surface area (TPSA) is 105 Å². The average Bonchev–Trinajstić information content (AvgIpc) is 3.61. The van der Waals surface area contributed by atoms with E-state index < -0.39 is 5.44 Å². The lowest BCUT2D eigenvalue weighted by atomic mass is 9.69. The Morgan fingerprint density at radius 2 is 2.03 bits per heavy atom. The molecule has 1 aliphatic carbocycles. The van der Waals surface area contributed by atoms with Gasteiger partial charge in [0, 0.05) is 46.6 Å². The zero-order valence-corrected chi connectivity index (χ0v) is 23.3. The Morgan fingerprint density at radius 3 is 2.67 bits per heavy atom. The van der Waals surface area contributed by atoms with Crippen LogP contribution in [0.5, 0.6) is 0 Å². The number of rotatable bonds is 8. The van der Waals surface area contributed by atoms with E-state index in [-0.39, 0.29) is 11.2 Å². The van der Waals surface area contributed by atoms with E-state index in [1.54, 1.807) is 12.1 Å². The average molecular weight is 540 g/mol. The Labute approximate surface area is 235 Å². The summed E-state index contributed by atoms with van der Waals surface area (Å²) in [6.45, 7) is 8.45. The minimum atomic E-state index is -1.28. The van der Waals surface area contributed by atoms with E-state index in [1.807, 2.05) is 35.5 Å². The molecule has 2 heterocycles. The van der Waals surface area contributed by atoms with Crippen LogP contribution in [0.2, 0.25) is 5.02 Å². The number of halogens is 1. The minimum absolute atomic E-state index is 0.0426. The van der Waals surface area contributed by atoms with Gasteiger partial charge in [-0.15, -0.1) is 5.53 Å². The molecule has 39 heavy (non-hydrogen) atoms.